The number of hydrogen-bond acceptors (Lipinski definition) is 5. The van der Waals surface area contributed by atoms with Gasteiger partial charge in [0.05, 0.1) is 0 Å². The molecule has 2 rings (SSSR count). The molecule has 1 aromatic heterocycles. The van der Waals surface area contributed by atoms with Gasteiger partial charge in [-0.2, -0.15) is 11.8 Å². The van der Waals surface area contributed by atoms with Gasteiger partial charge in [-0.3, -0.25) is 4.79 Å². The Bertz CT molecular complexity index is 475. The Balaban J connectivity index is 1.94. The molecule has 1 aliphatic rings. The number of thioether (sulfide) groups is 1. The van der Waals surface area contributed by atoms with Gasteiger partial charge < -0.3 is 10.4 Å². The third kappa shape index (κ3) is 3.70. The van der Waals surface area contributed by atoms with E-state index >= 15 is 0 Å². The van der Waals surface area contributed by atoms with E-state index in [9.17, 15) is 9.59 Å². The number of amides is 1. The molecule has 1 saturated carbocycles. The van der Waals surface area contributed by atoms with Crippen LogP contribution < -0.4 is 5.32 Å². The predicted molar refractivity (Wildman–Crippen MR) is 76.1 cm³/mol. The SMILES string of the molecule is CSC1CCCC(NC(=O)c2nc(C(=O)O)cs2)C1. The monoisotopic (exact) mass is 300 g/mol. The minimum absolute atomic E-state index is 0.0687. The average molecular weight is 300 g/mol. The standard InChI is InChI=1S/C12H16N2O3S2/c1-18-8-4-2-3-7(5-8)13-10(15)11-14-9(6-19-11)12(16)17/h6-8H,2-5H2,1H3,(H,13,15)(H,16,17). The molecule has 1 aromatic rings. The van der Waals surface area contributed by atoms with E-state index in [2.05, 4.69) is 16.6 Å². The summed E-state index contributed by atoms with van der Waals surface area (Å²) in [5.74, 6) is -1.36. The summed E-state index contributed by atoms with van der Waals surface area (Å²) in [6, 6.07) is 0.177. The highest BCUT2D eigenvalue weighted by Crippen LogP contribution is 2.27. The van der Waals surface area contributed by atoms with E-state index in [1.54, 1.807) is 0 Å². The minimum atomic E-state index is -1.10. The summed E-state index contributed by atoms with van der Waals surface area (Å²) in [5, 5.41) is 14.0. The van der Waals surface area contributed by atoms with Gasteiger partial charge in [-0.1, -0.05) is 6.42 Å². The number of carbonyl (C=O) groups is 2. The summed E-state index contributed by atoms with van der Waals surface area (Å²) in [5.41, 5.74) is -0.0687. The van der Waals surface area contributed by atoms with Gasteiger partial charge in [-0.05, 0) is 25.5 Å². The van der Waals surface area contributed by atoms with E-state index in [4.69, 9.17) is 5.11 Å². The molecule has 2 atom stereocenters. The van der Waals surface area contributed by atoms with Crippen molar-refractivity contribution < 1.29 is 14.7 Å². The molecule has 2 unspecified atom stereocenters. The summed E-state index contributed by atoms with van der Waals surface area (Å²) in [4.78, 5) is 26.5. The van der Waals surface area contributed by atoms with Gasteiger partial charge >= 0.3 is 5.97 Å². The van der Waals surface area contributed by atoms with Crippen LogP contribution >= 0.6 is 23.1 Å². The van der Waals surface area contributed by atoms with E-state index in [1.165, 1.54) is 11.8 Å². The molecule has 0 saturated heterocycles. The number of hydrogen-bond donors (Lipinski definition) is 2. The first-order chi connectivity index (χ1) is 9.10. The van der Waals surface area contributed by atoms with Crippen LogP contribution in [-0.4, -0.2) is 39.5 Å². The van der Waals surface area contributed by atoms with Gasteiger partial charge in [0, 0.05) is 16.7 Å². The van der Waals surface area contributed by atoms with Crippen LogP contribution in [0.1, 0.15) is 46.0 Å². The Kier molecular flexibility index (Phi) is 4.81. The zero-order valence-electron chi connectivity index (χ0n) is 10.6. The zero-order valence-corrected chi connectivity index (χ0v) is 12.2. The number of carbonyl (C=O) groups excluding carboxylic acids is 1. The van der Waals surface area contributed by atoms with E-state index in [0.29, 0.717) is 5.25 Å². The van der Waals surface area contributed by atoms with E-state index in [-0.39, 0.29) is 22.7 Å². The Morgan fingerprint density at radius 1 is 1.53 bits per heavy atom. The number of nitrogens with one attached hydrogen (secondary N) is 1. The smallest absolute Gasteiger partial charge is 0.355 e. The van der Waals surface area contributed by atoms with Gasteiger partial charge in [0.1, 0.15) is 0 Å². The van der Waals surface area contributed by atoms with Crippen LogP contribution in [0.25, 0.3) is 0 Å². The van der Waals surface area contributed by atoms with Crippen molar-refractivity contribution in [1.29, 1.82) is 0 Å². The van der Waals surface area contributed by atoms with Gasteiger partial charge in [0.15, 0.2) is 10.7 Å². The molecule has 1 heterocycles. The van der Waals surface area contributed by atoms with Crippen molar-refractivity contribution in [3.63, 3.8) is 0 Å². The van der Waals surface area contributed by atoms with Crippen molar-refractivity contribution in [3.8, 4) is 0 Å². The van der Waals surface area contributed by atoms with Gasteiger partial charge in [-0.25, -0.2) is 9.78 Å². The number of carboxylic acid groups (broad SMARTS) is 1. The summed E-state index contributed by atoms with van der Waals surface area (Å²) in [6.45, 7) is 0. The molecular weight excluding hydrogens is 284 g/mol. The molecule has 0 aliphatic heterocycles. The van der Waals surface area contributed by atoms with Crippen molar-refractivity contribution in [2.75, 3.05) is 6.26 Å². The summed E-state index contributed by atoms with van der Waals surface area (Å²) >= 11 is 2.91. The Labute approximate surface area is 119 Å². The van der Waals surface area contributed by atoms with Crippen LogP contribution in [0.4, 0.5) is 0 Å². The quantitative estimate of drug-likeness (QED) is 0.891. The lowest BCUT2D eigenvalue weighted by Crippen LogP contribution is -2.39. The molecule has 0 aromatic carbocycles. The number of aromatic carboxylic acids is 1. The molecule has 5 nitrogen and oxygen atoms in total. The van der Waals surface area contributed by atoms with Crippen LogP contribution in [0.2, 0.25) is 0 Å². The minimum Gasteiger partial charge on any atom is -0.476 e. The Morgan fingerprint density at radius 3 is 2.95 bits per heavy atom. The van der Waals surface area contributed by atoms with Crippen molar-refractivity contribution >= 4 is 35.0 Å². The van der Waals surface area contributed by atoms with Gasteiger partial charge in [0.25, 0.3) is 5.91 Å². The first-order valence-corrected chi connectivity index (χ1v) is 8.29. The Morgan fingerprint density at radius 2 is 2.32 bits per heavy atom. The van der Waals surface area contributed by atoms with Crippen LogP contribution in [0.3, 0.4) is 0 Å². The molecule has 1 amide bonds. The topological polar surface area (TPSA) is 79.3 Å². The Hall–Kier alpha value is -1.08. The fourth-order valence-corrected chi connectivity index (χ4v) is 3.73. The van der Waals surface area contributed by atoms with E-state index in [1.807, 2.05) is 11.8 Å². The second-order valence-electron chi connectivity index (χ2n) is 4.54. The highest BCUT2D eigenvalue weighted by molar-refractivity contribution is 7.99. The molecule has 0 bridgehead atoms. The van der Waals surface area contributed by atoms with Crippen LogP contribution in [-0.2, 0) is 0 Å². The highest BCUT2D eigenvalue weighted by atomic mass is 32.2. The molecular formula is C12H16N2O3S2. The molecule has 1 aliphatic carbocycles. The van der Waals surface area contributed by atoms with Gasteiger partial charge in [0.2, 0.25) is 0 Å². The maximum absolute atomic E-state index is 12.0. The van der Waals surface area contributed by atoms with E-state index in [0.717, 1.165) is 30.6 Å². The van der Waals surface area contributed by atoms with Crippen molar-refractivity contribution in [2.45, 2.75) is 37.0 Å². The summed E-state index contributed by atoms with van der Waals surface area (Å²) in [6.07, 6.45) is 6.38. The van der Waals surface area contributed by atoms with Crippen LogP contribution in [0.5, 0.6) is 0 Å². The molecule has 19 heavy (non-hydrogen) atoms. The maximum Gasteiger partial charge on any atom is 0.355 e. The molecule has 1 fully saturated rings. The first-order valence-electron chi connectivity index (χ1n) is 6.12. The average Bonchev–Trinajstić information content (AvgIpc) is 2.89. The summed E-state index contributed by atoms with van der Waals surface area (Å²) in [7, 11) is 0. The van der Waals surface area contributed by atoms with Crippen molar-refractivity contribution in [2.24, 2.45) is 0 Å². The number of thiazole rings is 1. The van der Waals surface area contributed by atoms with Crippen molar-refractivity contribution in [3.05, 3.63) is 16.1 Å². The molecule has 2 N–H and O–H groups in total. The second kappa shape index (κ2) is 6.38. The lowest BCUT2D eigenvalue weighted by molar-refractivity contribution is 0.0691. The maximum atomic E-state index is 12.0. The van der Waals surface area contributed by atoms with E-state index < -0.39 is 5.97 Å². The largest absolute Gasteiger partial charge is 0.476 e. The third-order valence-electron chi connectivity index (χ3n) is 3.21. The lowest BCUT2D eigenvalue weighted by Gasteiger charge is -2.28. The normalized spacial score (nSPS) is 23.0. The third-order valence-corrected chi connectivity index (χ3v) is 5.15. The zero-order chi connectivity index (χ0) is 13.8. The molecule has 104 valence electrons. The molecule has 0 radical (unpaired) electrons. The number of rotatable bonds is 4. The first kappa shape index (κ1) is 14.3. The number of nitrogens with zero attached hydrogens (tertiary/aromatic N) is 1. The van der Waals surface area contributed by atoms with Crippen LogP contribution in [0, 0.1) is 0 Å². The second-order valence-corrected chi connectivity index (χ2v) is 6.53. The van der Waals surface area contributed by atoms with Gasteiger partial charge in [-0.15, -0.1) is 11.3 Å². The fourth-order valence-electron chi connectivity index (χ4n) is 2.21. The lowest BCUT2D eigenvalue weighted by atomic mass is 9.95. The predicted octanol–water partition coefficient (Wildman–Crippen LogP) is 2.25. The number of aromatic nitrogens is 1. The van der Waals surface area contributed by atoms with Crippen molar-refractivity contribution in [1.82, 2.24) is 10.3 Å². The fraction of sp³-hybridized carbons (Fsp3) is 0.583. The number of carboxylic acids is 1. The molecule has 0 spiro atoms. The summed E-state index contributed by atoms with van der Waals surface area (Å²) < 4.78 is 0. The highest BCUT2D eigenvalue weighted by Gasteiger charge is 2.24. The van der Waals surface area contributed by atoms with Crippen LogP contribution in [0.15, 0.2) is 5.38 Å². The molecule has 7 heteroatoms.